The first kappa shape index (κ1) is 34.9. The number of methoxy groups -OCH3 is 1. The third-order valence-electron chi connectivity index (χ3n) is 13.6. The maximum atomic E-state index is 15.7. The summed E-state index contributed by atoms with van der Waals surface area (Å²) in [5, 5.41) is 39.0. The van der Waals surface area contributed by atoms with Crippen LogP contribution >= 0.6 is 0 Å². The summed E-state index contributed by atoms with van der Waals surface area (Å²) >= 11 is 0. The van der Waals surface area contributed by atoms with E-state index in [1.54, 1.807) is 39.0 Å². The molecule has 0 spiro atoms. The van der Waals surface area contributed by atoms with Gasteiger partial charge >= 0.3 is 24.0 Å². The highest BCUT2D eigenvalue weighted by atomic mass is 16.6. The average Bonchev–Trinajstić information content (AvgIpc) is 3.26. The summed E-state index contributed by atoms with van der Waals surface area (Å²) in [6, 6.07) is 12.7. The Morgan fingerprint density at radius 2 is 1.61 bits per heavy atom. The number of benzene rings is 2. The fourth-order valence-corrected chi connectivity index (χ4v) is 10.4. The molecule has 2 bridgehead atoms. The van der Waals surface area contributed by atoms with Gasteiger partial charge in [0.2, 0.25) is 0 Å². The Labute approximate surface area is 368 Å². The number of carbonyl (C=O) groups is 5. The van der Waals surface area contributed by atoms with Gasteiger partial charge in [-0.05, 0) is 70.2 Å². The fraction of sp³-hybridized carbons (Fsp3) is 0.587. The van der Waals surface area contributed by atoms with Crippen LogP contribution in [0.2, 0.25) is 0 Å². The predicted molar refractivity (Wildman–Crippen MR) is 218 cm³/mol. The number of hydrogen-bond donors (Lipinski definition) is 4. The first-order valence-electron chi connectivity index (χ1n) is 24.3. The first-order valence-corrected chi connectivity index (χ1v) is 19.8. The third-order valence-corrected chi connectivity index (χ3v) is 13.6. The number of aliphatic hydroxyl groups excluding tert-OH is 2. The van der Waals surface area contributed by atoms with Crippen molar-refractivity contribution in [3.8, 4) is 0 Å². The third kappa shape index (κ3) is 7.55. The van der Waals surface area contributed by atoms with Gasteiger partial charge in [-0.2, -0.15) is 0 Å². The lowest BCUT2D eigenvalue weighted by molar-refractivity contribution is -0.384. The molecule has 1 amide bonds. The summed E-state index contributed by atoms with van der Waals surface area (Å²) in [6.07, 6.45) is -9.72. The van der Waals surface area contributed by atoms with E-state index in [0.717, 1.165) is 6.92 Å². The Hall–Kier alpha value is -4.67. The molecule has 61 heavy (non-hydrogen) atoms. The van der Waals surface area contributed by atoms with E-state index in [1.807, 2.05) is 5.32 Å². The Morgan fingerprint density at radius 3 is 2.15 bits per heavy atom. The highest BCUT2D eigenvalue weighted by molar-refractivity contribution is 5.93. The van der Waals surface area contributed by atoms with Gasteiger partial charge in [0.15, 0.2) is 17.5 Å². The van der Waals surface area contributed by atoms with E-state index in [-0.39, 0.29) is 35.3 Å². The molecule has 2 aromatic carbocycles. The summed E-state index contributed by atoms with van der Waals surface area (Å²) in [6.45, 7) is -4.25. The van der Waals surface area contributed by atoms with E-state index in [4.69, 9.17) is 40.8 Å². The number of ketones is 1. The number of esters is 3. The normalized spacial score (nSPS) is 36.7. The minimum Gasteiger partial charge on any atom is -0.456 e. The molecule has 2 aromatic rings. The second-order valence-electron chi connectivity index (χ2n) is 17.3. The minimum atomic E-state index is -4.09. The molecular formula is C46H59NO14. The van der Waals surface area contributed by atoms with E-state index in [0.29, 0.717) is 0 Å². The number of ether oxygens (including phenoxy) is 6. The van der Waals surface area contributed by atoms with Crippen LogP contribution in [0.1, 0.15) is 109 Å². The van der Waals surface area contributed by atoms with E-state index in [9.17, 15) is 34.5 Å². The monoisotopic (exact) mass is 858 g/mol. The average molecular weight is 859 g/mol. The van der Waals surface area contributed by atoms with E-state index >= 15 is 4.79 Å². The Bertz CT molecular complexity index is 2360. The summed E-state index contributed by atoms with van der Waals surface area (Å²) in [4.78, 5) is 71.4. The lowest BCUT2D eigenvalue weighted by Gasteiger charge is -2.71. The highest BCUT2D eigenvalue weighted by Crippen LogP contribution is 2.67. The van der Waals surface area contributed by atoms with Crippen LogP contribution in [0.5, 0.6) is 0 Å². The van der Waals surface area contributed by atoms with Crippen molar-refractivity contribution in [3.05, 3.63) is 82.9 Å². The van der Waals surface area contributed by atoms with Crippen molar-refractivity contribution in [1.29, 1.82) is 0 Å². The molecule has 332 valence electrons. The molecule has 0 unspecified atom stereocenters. The van der Waals surface area contributed by atoms with Crippen LogP contribution in [0.4, 0.5) is 4.79 Å². The number of fused-ring (bicyclic) bond motifs is 5. The van der Waals surface area contributed by atoms with Crippen LogP contribution in [0, 0.1) is 22.7 Å². The maximum absolute atomic E-state index is 15.7. The van der Waals surface area contributed by atoms with Crippen molar-refractivity contribution in [2.75, 3.05) is 20.3 Å². The van der Waals surface area contributed by atoms with Crippen LogP contribution in [-0.2, 0) is 42.8 Å². The van der Waals surface area contributed by atoms with Gasteiger partial charge in [0, 0.05) is 44.6 Å². The summed E-state index contributed by atoms with van der Waals surface area (Å²) in [5.41, 5.74) is -13.1. The van der Waals surface area contributed by atoms with Crippen LogP contribution in [0.3, 0.4) is 0 Å². The number of rotatable bonds is 10. The van der Waals surface area contributed by atoms with Crippen molar-refractivity contribution in [2.24, 2.45) is 22.7 Å². The zero-order valence-corrected chi connectivity index (χ0v) is 35.0. The SMILES string of the molecule is [2H]C([2H])([2H])C(OC(=O)N[C@@H](c1ccccc1)[C@@H](O)C(=O)O[C@H]1C[C@@]2(O)[C@@H](OC(=O)c3ccccc3)[C@H]3[C@](C)(C(=O)[C@H](CO)C(=C1C)C2(C)C)[C@@H](OC)C[C@@]1(C)OC[C@@]31OC(C)=O)(C([2H])([2H])[2H])C([2H])([2H])[2H]. The predicted octanol–water partition coefficient (Wildman–Crippen LogP) is 4.55. The lowest BCUT2D eigenvalue weighted by Crippen LogP contribution is -2.85. The molecular weight excluding hydrogens is 790 g/mol. The molecule has 3 fully saturated rings. The molecule has 15 nitrogen and oxygen atoms in total. The topological polar surface area (TPSA) is 213 Å². The number of nitrogens with one attached hydrogen (secondary N) is 1. The number of aliphatic hydroxyl groups is 3. The van der Waals surface area contributed by atoms with Gasteiger partial charge in [-0.3, -0.25) is 9.59 Å². The van der Waals surface area contributed by atoms with Crippen LogP contribution in [0.15, 0.2) is 71.8 Å². The van der Waals surface area contributed by atoms with E-state index in [1.165, 1.54) is 63.4 Å². The number of carbonyl (C=O) groups excluding carboxylic acids is 5. The molecule has 11 atom stereocenters. The lowest BCUT2D eigenvalue weighted by atomic mass is 9.42. The zero-order chi connectivity index (χ0) is 52.6. The second kappa shape index (κ2) is 16.2. The summed E-state index contributed by atoms with van der Waals surface area (Å²) in [7, 11) is 1.35. The van der Waals surface area contributed by atoms with Gasteiger partial charge in [-0.25, -0.2) is 14.4 Å². The number of hydrogen-bond acceptors (Lipinski definition) is 14. The first-order chi connectivity index (χ1) is 32.2. The van der Waals surface area contributed by atoms with Crippen molar-refractivity contribution >= 4 is 29.8 Å². The molecule has 0 radical (unpaired) electrons. The van der Waals surface area contributed by atoms with Gasteiger partial charge in [0.25, 0.3) is 0 Å². The van der Waals surface area contributed by atoms with Crippen LogP contribution in [-0.4, -0.2) is 112 Å². The molecule has 4 aliphatic rings. The van der Waals surface area contributed by atoms with Gasteiger partial charge in [0.1, 0.15) is 29.0 Å². The number of Topliss-reactive ketones (excluding diaryl/α,β-unsaturated/α-hetero) is 1. The van der Waals surface area contributed by atoms with Gasteiger partial charge < -0.3 is 49.1 Å². The Kier molecular flexibility index (Phi) is 9.27. The Morgan fingerprint density at radius 1 is 0.984 bits per heavy atom. The highest BCUT2D eigenvalue weighted by Gasteiger charge is 2.81. The summed E-state index contributed by atoms with van der Waals surface area (Å²) < 4.78 is 107. The van der Waals surface area contributed by atoms with Crippen molar-refractivity contribution < 1.29 is 80.1 Å². The zero-order valence-electron chi connectivity index (χ0n) is 44.0. The number of amides is 1. The molecule has 1 heterocycles. The minimum absolute atomic E-state index is 0.0289. The van der Waals surface area contributed by atoms with E-state index < -0.39 is 139 Å². The van der Waals surface area contributed by atoms with Crippen LogP contribution in [0.25, 0.3) is 0 Å². The van der Waals surface area contributed by atoms with Gasteiger partial charge in [-0.15, -0.1) is 0 Å². The fourth-order valence-electron chi connectivity index (χ4n) is 10.4. The smallest absolute Gasteiger partial charge is 0.408 e. The van der Waals surface area contributed by atoms with Crippen molar-refractivity contribution in [3.63, 3.8) is 0 Å². The van der Waals surface area contributed by atoms with Gasteiger partial charge in [0.05, 0.1) is 48.2 Å². The van der Waals surface area contributed by atoms with Gasteiger partial charge in [-0.1, -0.05) is 62.4 Å². The molecule has 15 heteroatoms. The molecule has 6 rings (SSSR count). The number of alkyl carbamates (subject to hydrolysis) is 1. The molecule has 1 aliphatic heterocycles. The standard InChI is InChI=1S/C46H59NO14/c1-25-30(58-39(53)34(50)33(27-17-13-11-14-18-27)47-40(54)61-41(3,4)5)21-45(55)37(59-38(52)28-19-15-12-16-20-28)35-44(9,36(51)29(23-48)32(25)42(45,6)7)31(56-10)22-43(8)46(35,24-57-43)60-26(2)49/h11-20,29-31,33-35,37,48,50,55H,21-24H2,1-10H3,(H,47,54)/t29-,30+,31+,33+,34-,35+,37+,43-,44-,45-,46-/m1/s1/i3D3,4D3,5D3. The largest absolute Gasteiger partial charge is 0.456 e. The molecule has 1 saturated heterocycles. The van der Waals surface area contributed by atoms with Crippen molar-refractivity contribution in [2.45, 2.75) is 128 Å². The quantitative estimate of drug-likeness (QED) is 0.147. The molecule has 4 N–H and O–H groups in total. The van der Waals surface area contributed by atoms with Crippen LogP contribution < -0.4 is 5.32 Å². The molecule has 0 aromatic heterocycles. The summed E-state index contributed by atoms with van der Waals surface area (Å²) in [5.74, 6) is -6.97. The molecule has 3 aliphatic carbocycles. The second-order valence-corrected chi connectivity index (χ2v) is 17.3. The maximum Gasteiger partial charge on any atom is 0.408 e. The van der Waals surface area contributed by atoms with E-state index in [2.05, 4.69) is 0 Å². The van der Waals surface area contributed by atoms with Crippen molar-refractivity contribution in [1.82, 2.24) is 5.32 Å². The molecule has 2 saturated carbocycles. The Balaban J connectivity index is 1.51.